The van der Waals surface area contributed by atoms with Gasteiger partial charge in [0.1, 0.15) is 0 Å². The summed E-state index contributed by atoms with van der Waals surface area (Å²) in [5.41, 5.74) is 2.08. The lowest BCUT2D eigenvalue weighted by Gasteiger charge is -2.23. The lowest BCUT2D eigenvalue weighted by atomic mass is 9.95. The first-order chi connectivity index (χ1) is 10.3. The maximum Gasteiger partial charge on any atom is 0.255 e. The van der Waals surface area contributed by atoms with Crippen LogP contribution in [0.25, 0.3) is 10.9 Å². The molecule has 1 aliphatic rings. The smallest absolute Gasteiger partial charge is 0.255 e. The molecular weight excluding hydrogens is 260 g/mol. The van der Waals surface area contributed by atoms with E-state index in [4.69, 9.17) is 0 Å². The van der Waals surface area contributed by atoms with Crippen LogP contribution in [-0.2, 0) is 13.1 Å². The predicted octanol–water partition coefficient (Wildman–Crippen LogP) is 3.44. The minimum Gasteiger partial charge on any atom is -0.310 e. The number of nitrogens with zero attached hydrogens (tertiary/aromatic N) is 1. The fourth-order valence-corrected chi connectivity index (χ4v) is 3.39. The summed E-state index contributed by atoms with van der Waals surface area (Å²) in [6.45, 7) is 3.44. The van der Waals surface area contributed by atoms with Crippen molar-refractivity contribution in [1.29, 1.82) is 0 Å². The van der Waals surface area contributed by atoms with Gasteiger partial charge in [-0.1, -0.05) is 37.5 Å². The van der Waals surface area contributed by atoms with Crippen LogP contribution in [0.2, 0.25) is 0 Å². The number of pyridine rings is 1. The Labute approximate surface area is 126 Å². The molecule has 3 nitrogen and oxygen atoms in total. The van der Waals surface area contributed by atoms with Crippen LogP contribution in [0.4, 0.5) is 0 Å². The van der Waals surface area contributed by atoms with Gasteiger partial charge in [0.2, 0.25) is 0 Å². The van der Waals surface area contributed by atoms with Gasteiger partial charge in [-0.3, -0.25) is 4.79 Å². The number of benzene rings is 1. The highest BCUT2D eigenvalue weighted by atomic mass is 16.1. The average Bonchev–Trinajstić information content (AvgIpc) is 2.54. The highest BCUT2D eigenvalue weighted by Crippen LogP contribution is 2.18. The normalized spacial score (nSPS) is 16.4. The molecule has 1 aromatic heterocycles. The Hall–Kier alpha value is -1.61. The fourth-order valence-electron chi connectivity index (χ4n) is 3.39. The quantitative estimate of drug-likeness (QED) is 0.933. The van der Waals surface area contributed by atoms with Crippen molar-refractivity contribution in [3.63, 3.8) is 0 Å². The Kier molecular flexibility index (Phi) is 4.39. The van der Waals surface area contributed by atoms with E-state index in [1.807, 2.05) is 29.7 Å². The van der Waals surface area contributed by atoms with Crippen molar-refractivity contribution in [2.45, 2.75) is 58.2 Å². The van der Waals surface area contributed by atoms with E-state index in [1.54, 1.807) is 0 Å². The highest BCUT2D eigenvalue weighted by molar-refractivity contribution is 5.79. The van der Waals surface area contributed by atoms with E-state index in [0.717, 1.165) is 23.0 Å². The summed E-state index contributed by atoms with van der Waals surface area (Å²) in [7, 11) is 0. The molecule has 21 heavy (non-hydrogen) atoms. The summed E-state index contributed by atoms with van der Waals surface area (Å²) >= 11 is 0. The minimum absolute atomic E-state index is 0.152. The van der Waals surface area contributed by atoms with Gasteiger partial charge in [-0.15, -0.1) is 0 Å². The van der Waals surface area contributed by atoms with E-state index >= 15 is 0 Å². The van der Waals surface area contributed by atoms with Gasteiger partial charge in [-0.2, -0.15) is 0 Å². The molecule has 0 unspecified atom stereocenters. The number of rotatable bonds is 4. The largest absolute Gasteiger partial charge is 0.310 e. The number of hydrogen-bond acceptors (Lipinski definition) is 2. The standard InChI is InChI=1S/C18H24N2O/c1-2-20-17-11-7-6-8-14(17)12-15(18(20)21)13-19-16-9-4-3-5-10-16/h6-8,11-12,16,19H,2-5,9-10,13H2,1H3. The Morgan fingerprint density at radius 1 is 1.19 bits per heavy atom. The molecule has 3 heteroatoms. The van der Waals surface area contributed by atoms with Crippen LogP contribution in [-0.4, -0.2) is 10.6 Å². The molecule has 0 spiro atoms. The van der Waals surface area contributed by atoms with E-state index in [1.165, 1.54) is 32.1 Å². The molecule has 0 amide bonds. The molecule has 1 aromatic carbocycles. The first kappa shape index (κ1) is 14.3. The average molecular weight is 284 g/mol. The molecule has 1 fully saturated rings. The minimum atomic E-state index is 0.152. The molecule has 2 aromatic rings. The zero-order valence-corrected chi connectivity index (χ0v) is 12.8. The molecule has 1 N–H and O–H groups in total. The Morgan fingerprint density at radius 2 is 1.95 bits per heavy atom. The third-order valence-corrected chi connectivity index (χ3v) is 4.58. The molecule has 0 saturated heterocycles. The van der Waals surface area contributed by atoms with Crippen molar-refractivity contribution in [2.75, 3.05) is 0 Å². The Morgan fingerprint density at radius 3 is 2.71 bits per heavy atom. The molecule has 0 aliphatic heterocycles. The Bertz CT molecular complexity index is 668. The summed E-state index contributed by atoms with van der Waals surface area (Å²) in [6, 6.07) is 10.8. The van der Waals surface area contributed by atoms with E-state index in [2.05, 4.69) is 17.4 Å². The lowest BCUT2D eigenvalue weighted by molar-refractivity contribution is 0.371. The molecular formula is C18H24N2O. The summed E-state index contributed by atoms with van der Waals surface area (Å²) < 4.78 is 1.88. The monoisotopic (exact) mass is 284 g/mol. The van der Waals surface area contributed by atoms with Crippen molar-refractivity contribution in [2.24, 2.45) is 0 Å². The van der Waals surface area contributed by atoms with Crippen molar-refractivity contribution < 1.29 is 0 Å². The van der Waals surface area contributed by atoms with Gasteiger partial charge in [0.05, 0.1) is 5.52 Å². The van der Waals surface area contributed by atoms with Gasteiger partial charge in [0.15, 0.2) is 0 Å². The first-order valence-electron chi connectivity index (χ1n) is 8.14. The zero-order chi connectivity index (χ0) is 14.7. The van der Waals surface area contributed by atoms with Crippen LogP contribution in [0.3, 0.4) is 0 Å². The van der Waals surface area contributed by atoms with Crippen LogP contribution in [0.15, 0.2) is 35.1 Å². The molecule has 0 radical (unpaired) electrons. The van der Waals surface area contributed by atoms with Crippen molar-refractivity contribution in [1.82, 2.24) is 9.88 Å². The summed E-state index contributed by atoms with van der Waals surface area (Å²) in [6.07, 6.45) is 6.48. The topological polar surface area (TPSA) is 34.0 Å². The van der Waals surface area contributed by atoms with Crippen molar-refractivity contribution in [3.05, 3.63) is 46.2 Å². The summed E-state index contributed by atoms with van der Waals surface area (Å²) in [5.74, 6) is 0. The van der Waals surface area contributed by atoms with Gasteiger partial charge in [-0.25, -0.2) is 0 Å². The highest BCUT2D eigenvalue weighted by Gasteiger charge is 2.14. The van der Waals surface area contributed by atoms with Crippen molar-refractivity contribution >= 4 is 10.9 Å². The lowest BCUT2D eigenvalue weighted by Crippen LogP contribution is -2.34. The number of nitrogens with one attached hydrogen (secondary N) is 1. The molecule has 112 valence electrons. The van der Waals surface area contributed by atoms with Crippen LogP contribution >= 0.6 is 0 Å². The molecule has 1 saturated carbocycles. The Balaban J connectivity index is 1.87. The van der Waals surface area contributed by atoms with Crippen LogP contribution in [0.1, 0.15) is 44.6 Å². The molecule has 3 rings (SSSR count). The third kappa shape index (κ3) is 3.03. The number of aryl methyl sites for hydroxylation is 1. The zero-order valence-electron chi connectivity index (χ0n) is 12.8. The third-order valence-electron chi connectivity index (χ3n) is 4.58. The van der Waals surface area contributed by atoms with Gasteiger partial charge in [0, 0.05) is 24.7 Å². The SMILES string of the molecule is CCn1c(=O)c(CNC2CCCCC2)cc2ccccc21. The van der Waals surface area contributed by atoms with E-state index in [9.17, 15) is 4.79 Å². The second-order valence-corrected chi connectivity index (χ2v) is 5.99. The molecule has 1 aliphatic carbocycles. The second-order valence-electron chi connectivity index (χ2n) is 5.99. The van der Waals surface area contributed by atoms with E-state index in [-0.39, 0.29) is 5.56 Å². The summed E-state index contributed by atoms with van der Waals surface area (Å²) in [5, 5.41) is 4.73. The maximum absolute atomic E-state index is 12.6. The van der Waals surface area contributed by atoms with Gasteiger partial charge >= 0.3 is 0 Å². The fraction of sp³-hybridized carbons (Fsp3) is 0.500. The van der Waals surface area contributed by atoms with Gasteiger partial charge in [0.25, 0.3) is 5.56 Å². The number of fused-ring (bicyclic) bond motifs is 1. The van der Waals surface area contributed by atoms with Crippen LogP contribution in [0.5, 0.6) is 0 Å². The summed E-state index contributed by atoms with van der Waals surface area (Å²) in [4.78, 5) is 12.6. The molecule has 0 bridgehead atoms. The second kappa shape index (κ2) is 6.44. The van der Waals surface area contributed by atoms with Crippen LogP contribution in [0, 0.1) is 0 Å². The van der Waals surface area contributed by atoms with E-state index in [0.29, 0.717) is 12.6 Å². The number of hydrogen-bond donors (Lipinski definition) is 1. The van der Waals surface area contributed by atoms with E-state index < -0.39 is 0 Å². The number of aromatic nitrogens is 1. The van der Waals surface area contributed by atoms with Gasteiger partial charge in [-0.05, 0) is 37.3 Å². The van der Waals surface area contributed by atoms with Crippen LogP contribution < -0.4 is 10.9 Å². The number of para-hydroxylation sites is 1. The predicted molar refractivity (Wildman–Crippen MR) is 87.6 cm³/mol. The first-order valence-corrected chi connectivity index (χ1v) is 8.14. The maximum atomic E-state index is 12.6. The van der Waals surface area contributed by atoms with Crippen molar-refractivity contribution in [3.8, 4) is 0 Å². The molecule has 1 heterocycles. The van der Waals surface area contributed by atoms with Gasteiger partial charge < -0.3 is 9.88 Å². The molecule has 0 atom stereocenters.